The minimum absolute atomic E-state index is 0.0936. The van der Waals surface area contributed by atoms with Gasteiger partial charge in [-0.2, -0.15) is 0 Å². The maximum Gasteiger partial charge on any atom is 0.159 e. The van der Waals surface area contributed by atoms with Crippen molar-refractivity contribution in [2.45, 2.75) is 19.4 Å². The van der Waals surface area contributed by atoms with Crippen molar-refractivity contribution in [3.63, 3.8) is 0 Å². The number of ether oxygens (including phenoxy) is 1. The zero-order valence-electron chi connectivity index (χ0n) is 8.75. The highest BCUT2D eigenvalue weighted by atomic mass is 28.1. The van der Waals surface area contributed by atoms with E-state index in [9.17, 15) is 4.79 Å². The van der Waals surface area contributed by atoms with E-state index in [-0.39, 0.29) is 5.78 Å². The molecule has 0 aliphatic heterocycles. The molecule has 0 aliphatic carbocycles. The first-order valence-electron chi connectivity index (χ1n) is 4.98. The first-order chi connectivity index (χ1) is 6.74. The summed E-state index contributed by atoms with van der Waals surface area (Å²) in [4.78, 5) is 11.0. The van der Waals surface area contributed by atoms with Gasteiger partial charge in [0.25, 0.3) is 0 Å². The largest absolute Gasteiger partial charge is 0.494 e. The molecule has 0 amide bonds. The Morgan fingerprint density at radius 3 is 2.50 bits per heavy atom. The molecule has 0 radical (unpaired) electrons. The average Bonchev–Trinajstić information content (AvgIpc) is 2.19. The summed E-state index contributed by atoms with van der Waals surface area (Å²) in [5.41, 5.74) is 0.736. The molecule has 1 rings (SSSR count). The molecule has 0 N–H and O–H groups in total. The Kier molecular flexibility index (Phi) is 4.39. The second-order valence-corrected chi connectivity index (χ2v) is 4.28. The number of hydrogen-bond acceptors (Lipinski definition) is 2. The molecule has 0 aliphatic rings. The Bertz CT molecular complexity index is 293. The highest BCUT2D eigenvalue weighted by molar-refractivity contribution is 6.08. The van der Waals surface area contributed by atoms with Crippen LogP contribution >= 0.6 is 0 Å². The molecular formula is C11H16O2Si. The third-order valence-electron chi connectivity index (χ3n) is 2.03. The normalized spacial score (nSPS) is 10.1. The topological polar surface area (TPSA) is 26.3 Å². The monoisotopic (exact) mass is 208 g/mol. The van der Waals surface area contributed by atoms with Gasteiger partial charge in [0.15, 0.2) is 5.78 Å². The molecule has 0 fully saturated rings. The Morgan fingerprint density at radius 2 is 2.00 bits per heavy atom. The smallest absolute Gasteiger partial charge is 0.159 e. The lowest BCUT2D eigenvalue weighted by molar-refractivity contribution is 0.101. The molecule has 0 heterocycles. The minimum atomic E-state index is 0.0936. The van der Waals surface area contributed by atoms with E-state index in [1.54, 1.807) is 19.1 Å². The second-order valence-electron chi connectivity index (χ2n) is 3.28. The zero-order valence-corrected chi connectivity index (χ0v) is 10.7. The van der Waals surface area contributed by atoms with Gasteiger partial charge >= 0.3 is 0 Å². The van der Waals surface area contributed by atoms with Crippen molar-refractivity contribution in [1.82, 2.24) is 0 Å². The molecule has 1 aromatic rings. The van der Waals surface area contributed by atoms with Crippen molar-refractivity contribution < 1.29 is 9.53 Å². The van der Waals surface area contributed by atoms with Gasteiger partial charge < -0.3 is 4.74 Å². The fourth-order valence-corrected chi connectivity index (χ4v) is 1.41. The van der Waals surface area contributed by atoms with E-state index in [2.05, 4.69) is 0 Å². The van der Waals surface area contributed by atoms with E-state index in [0.717, 1.165) is 24.3 Å². The molecule has 0 unspecified atom stereocenters. The van der Waals surface area contributed by atoms with E-state index >= 15 is 0 Å². The molecule has 0 bridgehead atoms. The van der Waals surface area contributed by atoms with Crippen molar-refractivity contribution in [1.29, 1.82) is 0 Å². The van der Waals surface area contributed by atoms with Crippen LogP contribution in [0.5, 0.6) is 5.75 Å². The van der Waals surface area contributed by atoms with Crippen LogP contribution in [-0.2, 0) is 0 Å². The Balaban J connectivity index is 2.51. The standard InChI is InChI=1S/C11H16O2Si/c1-9(12)10-3-5-11(6-4-10)13-7-2-8-14/h3-6H,2,7-8H2,1,14H3. The molecule has 1 aromatic carbocycles. The van der Waals surface area contributed by atoms with Crippen molar-refractivity contribution in [2.75, 3.05) is 6.61 Å². The summed E-state index contributed by atoms with van der Waals surface area (Å²) in [7, 11) is 1.24. The predicted octanol–water partition coefficient (Wildman–Crippen LogP) is 1.44. The van der Waals surface area contributed by atoms with Crippen molar-refractivity contribution >= 4 is 16.0 Å². The molecule has 0 saturated carbocycles. The summed E-state index contributed by atoms with van der Waals surface area (Å²) in [6.07, 6.45) is 1.13. The lowest BCUT2D eigenvalue weighted by atomic mass is 10.1. The average molecular weight is 208 g/mol. The maximum absolute atomic E-state index is 11.0. The Morgan fingerprint density at radius 1 is 1.36 bits per heavy atom. The van der Waals surface area contributed by atoms with Crippen LogP contribution in [0.4, 0.5) is 0 Å². The number of ketones is 1. The van der Waals surface area contributed by atoms with Crippen molar-refractivity contribution in [3.8, 4) is 5.75 Å². The highest BCUT2D eigenvalue weighted by Crippen LogP contribution is 2.12. The number of benzene rings is 1. The first kappa shape index (κ1) is 11.0. The highest BCUT2D eigenvalue weighted by Gasteiger charge is 1.98. The van der Waals surface area contributed by atoms with Crippen LogP contribution in [0.1, 0.15) is 23.7 Å². The summed E-state index contributed by atoms with van der Waals surface area (Å²) in [6, 6.07) is 8.58. The molecular weight excluding hydrogens is 192 g/mol. The SMILES string of the molecule is CC(=O)c1ccc(OCCC[SiH3])cc1. The van der Waals surface area contributed by atoms with Gasteiger partial charge in [0.1, 0.15) is 5.75 Å². The second kappa shape index (κ2) is 5.60. The van der Waals surface area contributed by atoms with Gasteiger partial charge in [-0.1, -0.05) is 6.04 Å². The summed E-state index contributed by atoms with van der Waals surface area (Å²) in [5.74, 6) is 0.946. The van der Waals surface area contributed by atoms with Gasteiger partial charge in [-0.25, -0.2) is 0 Å². The first-order valence-corrected chi connectivity index (χ1v) is 6.39. The molecule has 14 heavy (non-hydrogen) atoms. The number of carbonyl (C=O) groups is 1. The molecule has 0 spiro atoms. The van der Waals surface area contributed by atoms with E-state index in [1.807, 2.05) is 12.1 Å². The third-order valence-corrected chi connectivity index (χ3v) is 2.73. The van der Waals surface area contributed by atoms with E-state index in [0.29, 0.717) is 0 Å². The maximum atomic E-state index is 11.0. The number of Topliss-reactive ketones (excluding diaryl/α,β-unsaturated/α-hetero) is 1. The number of rotatable bonds is 5. The Hall–Kier alpha value is -1.09. The molecule has 3 heteroatoms. The Labute approximate surface area is 87.7 Å². The fraction of sp³-hybridized carbons (Fsp3) is 0.364. The molecule has 76 valence electrons. The van der Waals surface area contributed by atoms with Crippen LogP contribution in [0.3, 0.4) is 0 Å². The van der Waals surface area contributed by atoms with E-state index in [1.165, 1.54) is 16.3 Å². The van der Waals surface area contributed by atoms with Gasteiger partial charge in [0, 0.05) is 15.8 Å². The summed E-state index contributed by atoms with van der Waals surface area (Å²) in [5, 5.41) is 0. The van der Waals surface area contributed by atoms with Gasteiger partial charge in [-0.15, -0.1) is 0 Å². The number of hydrogen-bond donors (Lipinski definition) is 0. The van der Waals surface area contributed by atoms with Gasteiger partial charge in [-0.05, 0) is 37.6 Å². The molecule has 2 nitrogen and oxygen atoms in total. The summed E-state index contributed by atoms with van der Waals surface area (Å²) >= 11 is 0. The predicted molar refractivity (Wildman–Crippen MR) is 61.3 cm³/mol. The van der Waals surface area contributed by atoms with Crippen LogP contribution in [0, 0.1) is 0 Å². The van der Waals surface area contributed by atoms with Crippen molar-refractivity contribution in [3.05, 3.63) is 29.8 Å². The quantitative estimate of drug-likeness (QED) is 0.416. The lowest BCUT2D eigenvalue weighted by Gasteiger charge is -2.05. The summed E-state index contributed by atoms with van der Waals surface area (Å²) in [6.45, 7) is 2.35. The number of carbonyl (C=O) groups excluding carboxylic acids is 1. The molecule has 0 saturated heterocycles. The van der Waals surface area contributed by atoms with Gasteiger partial charge in [0.05, 0.1) is 6.61 Å². The van der Waals surface area contributed by atoms with E-state index < -0.39 is 0 Å². The lowest BCUT2D eigenvalue weighted by Crippen LogP contribution is -1.97. The van der Waals surface area contributed by atoms with Crippen LogP contribution in [0.25, 0.3) is 0 Å². The van der Waals surface area contributed by atoms with Crippen LogP contribution in [0.15, 0.2) is 24.3 Å². The van der Waals surface area contributed by atoms with Crippen LogP contribution in [-0.4, -0.2) is 22.6 Å². The minimum Gasteiger partial charge on any atom is -0.494 e. The van der Waals surface area contributed by atoms with Gasteiger partial charge in [-0.3, -0.25) is 4.79 Å². The third kappa shape index (κ3) is 3.34. The van der Waals surface area contributed by atoms with Crippen LogP contribution in [0.2, 0.25) is 6.04 Å². The molecule has 0 atom stereocenters. The fourth-order valence-electron chi connectivity index (χ4n) is 1.12. The van der Waals surface area contributed by atoms with E-state index in [4.69, 9.17) is 4.74 Å². The summed E-state index contributed by atoms with van der Waals surface area (Å²) < 4.78 is 5.49. The van der Waals surface area contributed by atoms with Crippen molar-refractivity contribution in [2.24, 2.45) is 0 Å². The van der Waals surface area contributed by atoms with Gasteiger partial charge in [0.2, 0.25) is 0 Å². The molecule has 0 aromatic heterocycles. The van der Waals surface area contributed by atoms with Crippen LogP contribution < -0.4 is 4.74 Å². The zero-order chi connectivity index (χ0) is 10.4.